The minimum atomic E-state index is -0.990. The second-order valence-corrected chi connectivity index (χ2v) is 4.26. The molecule has 1 aromatic rings. The standard InChI is InChI=1S/C12H14N2O2/c1-8-7-12(8,10(13)15)11(16)14-9-5-3-2-4-6-9/h2-6,8H,7H2,1H3,(H2,13,15)(H,14,16). The Balaban J connectivity index is 2.13. The monoisotopic (exact) mass is 218 g/mol. The molecule has 2 unspecified atom stereocenters. The summed E-state index contributed by atoms with van der Waals surface area (Å²) in [5.41, 5.74) is 4.97. The van der Waals surface area contributed by atoms with Crippen LogP contribution in [-0.4, -0.2) is 11.8 Å². The third-order valence-electron chi connectivity index (χ3n) is 3.19. The minimum absolute atomic E-state index is 0.0358. The largest absolute Gasteiger partial charge is 0.369 e. The third kappa shape index (κ3) is 1.56. The van der Waals surface area contributed by atoms with Crippen LogP contribution in [0, 0.1) is 11.3 Å². The Labute approximate surface area is 93.8 Å². The Kier molecular flexibility index (Phi) is 2.42. The van der Waals surface area contributed by atoms with E-state index in [-0.39, 0.29) is 11.8 Å². The van der Waals surface area contributed by atoms with Crippen LogP contribution in [0.25, 0.3) is 0 Å². The molecule has 0 bridgehead atoms. The number of carbonyl (C=O) groups excluding carboxylic acids is 2. The Bertz CT molecular complexity index is 430. The quantitative estimate of drug-likeness (QED) is 0.746. The zero-order valence-electron chi connectivity index (χ0n) is 9.07. The molecule has 1 aliphatic rings. The molecule has 1 saturated carbocycles. The molecule has 2 amide bonds. The molecule has 0 radical (unpaired) electrons. The number of anilines is 1. The van der Waals surface area contributed by atoms with E-state index < -0.39 is 11.3 Å². The van der Waals surface area contributed by atoms with Crippen LogP contribution in [0.4, 0.5) is 5.69 Å². The SMILES string of the molecule is CC1CC1(C(N)=O)C(=O)Nc1ccccc1. The molecule has 3 N–H and O–H groups in total. The van der Waals surface area contributed by atoms with Crippen molar-refractivity contribution in [2.45, 2.75) is 13.3 Å². The van der Waals surface area contributed by atoms with Crippen molar-refractivity contribution in [3.8, 4) is 0 Å². The predicted molar refractivity (Wildman–Crippen MR) is 60.5 cm³/mol. The smallest absolute Gasteiger partial charge is 0.240 e. The highest BCUT2D eigenvalue weighted by atomic mass is 16.2. The molecule has 0 heterocycles. The van der Waals surface area contributed by atoms with Crippen molar-refractivity contribution in [1.82, 2.24) is 0 Å². The summed E-state index contributed by atoms with van der Waals surface area (Å²) in [6.07, 6.45) is 0.543. The van der Waals surface area contributed by atoms with Crippen LogP contribution in [-0.2, 0) is 9.59 Å². The third-order valence-corrected chi connectivity index (χ3v) is 3.19. The summed E-state index contributed by atoms with van der Waals surface area (Å²) in [7, 11) is 0. The molecule has 1 aromatic carbocycles. The maximum absolute atomic E-state index is 11.9. The number of hydrogen-bond donors (Lipinski definition) is 2. The van der Waals surface area contributed by atoms with E-state index in [9.17, 15) is 9.59 Å². The van der Waals surface area contributed by atoms with E-state index in [2.05, 4.69) is 5.32 Å². The summed E-state index contributed by atoms with van der Waals surface area (Å²) in [6, 6.07) is 9.06. The Morgan fingerprint density at radius 2 is 1.94 bits per heavy atom. The van der Waals surface area contributed by atoms with Crippen LogP contribution >= 0.6 is 0 Å². The van der Waals surface area contributed by atoms with Crippen LogP contribution in [0.2, 0.25) is 0 Å². The van der Waals surface area contributed by atoms with Gasteiger partial charge >= 0.3 is 0 Å². The first-order valence-corrected chi connectivity index (χ1v) is 5.24. The second-order valence-electron chi connectivity index (χ2n) is 4.26. The van der Waals surface area contributed by atoms with Crippen molar-refractivity contribution < 1.29 is 9.59 Å². The first kappa shape index (κ1) is 10.7. The molecular formula is C12H14N2O2. The van der Waals surface area contributed by atoms with Crippen molar-refractivity contribution in [3.05, 3.63) is 30.3 Å². The van der Waals surface area contributed by atoms with Gasteiger partial charge in [0.15, 0.2) is 0 Å². The number of para-hydroxylation sites is 1. The van der Waals surface area contributed by atoms with Crippen molar-refractivity contribution in [2.24, 2.45) is 17.1 Å². The Hall–Kier alpha value is -1.84. The molecule has 4 heteroatoms. The lowest BCUT2D eigenvalue weighted by atomic mass is 10.0. The van der Waals surface area contributed by atoms with E-state index in [0.717, 1.165) is 0 Å². The lowest BCUT2D eigenvalue weighted by Gasteiger charge is -2.12. The highest BCUT2D eigenvalue weighted by Crippen LogP contribution is 2.52. The first-order valence-electron chi connectivity index (χ1n) is 5.24. The molecule has 16 heavy (non-hydrogen) atoms. The molecule has 1 aliphatic carbocycles. The number of hydrogen-bond acceptors (Lipinski definition) is 2. The molecule has 2 rings (SSSR count). The van der Waals surface area contributed by atoms with Crippen molar-refractivity contribution in [2.75, 3.05) is 5.32 Å². The normalized spacial score (nSPS) is 27.2. The van der Waals surface area contributed by atoms with E-state index in [0.29, 0.717) is 12.1 Å². The Morgan fingerprint density at radius 3 is 2.38 bits per heavy atom. The number of primary amides is 1. The summed E-state index contributed by atoms with van der Waals surface area (Å²) >= 11 is 0. The zero-order valence-corrected chi connectivity index (χ0v) is 9.07. The van der Waals surface area contributed by atoms with Crippen LogP contribution in [0.1, 0.15) is 13.3 Å². The average Bonchev–Trinajstić information content (AvgIpc) is 2.93. The Morgan fingerprint density at radius 1 is 1.38 bits per heavy atom. The molecule has 0 aliphatic heterocycles. The number of nitrogens with two attached hydrogens (primary N) is 1. The van der Waals surface area contributed by atoms with E-state index in [4.69, 9.17) is 5.73 Å². The summed E-state index contributed by atoms with van der Waals surface area (Å²) in [4.78, 5) is 23.2. The van der Waals surface area contributed by atoms with Gasteiger partial charge in [-0.2, -0.15) is 0 Å². The van der Waals surface area contributed by atoms with Crippen LogP contribution in [0.3, 0.4) is 0 Å². The van der Waals surface area contributed by atoms with Crippen LogP contribution < -0.4 is 11.1 Å². The van der Waals surface area contributed by atoms with Gasteiger partial charge in [0.2, 0.25) is 11.8 Å². The number of benzene rings is 1. The van der Waals surface area contributed by atoms with E-state index >= 15 is 0 Å². The molecule has 0 aromatic heterocycles. The minimum Gasteiger partial charge on any atom is -0.369 e. The first-order chi connectivity index (χ1) is 7.57. The highest BCUT2D eigenvalue weighted by Gasteiger charge is 2.62. The molecule has 4 nitrogen and oxygen atoms in total. The zero-order chi connectivity index (χ0) is 11.8. The van der Waals surface area contributed by atoms with Gasteiger partial charge in [0, 0.05) is 5.69 Å². The van der Waals surface area contributed by atoms with Crippen LogP contribution in [0.5, 0.6) is 0 Å². The molecule has 0 saturated heterocycles. The fourth-order valence-corrected chi connectivity index (χ4v) is 1.96. The molecule has 84 valence electrons. The molecule has 0 spiro atoms. The fourth-order valence-electron chi connectivity index (χ4n) is 1.96. The number of nitrogens with one attached hydrogen (secondary N) is 1. The predicted octanol–water partition coefficient (Wildman–Crippen LogP) is 1.14. The van der Waals surface area contributed by atoms with Gasteiger partial charge in [-0.3, -0.25) is 9.59 Å². The second kappa shape index (κ2) is 3.63. The summed E-state index contributed by atoms with van der Waals surface area (Å²) < 4.78 is 0. The van der Waals surface area contributed by atoms with E-state index in [1.54, 1.807) is 12.1 Å². The molecule has 1 fully saturated rings. The van der Waals surface area contributed by atoms with E-state index in [1.807, 2.05) is 25.1 Å². The lowest BCUT2D eigenvalue weighted by molar-refractivity contribution is -0.132. The van der Waals surface area contributed by atoms with Gasteiger partial charge in [-0.05, 0) is 24.5 Å². The van der Waals surface area contributed by atoms with Gasteiger partial charge < -0.3 is 11.1 Å². The van der Waals surface area contributed by atoms with E-state index in [1.165, 1.54) is 0 Å². The van der Waals surface area contributed by atoms with Gasteiger partial charge in [-0.25, -0.2) is 0 Å². The fraction of sp³-hybridized carbons (Fsp3) is 0.333. The average molecular weight is 218 g/mol. The lowest BCUT2D eigenvalue weighted by Crippen LogP contribution is -2.37. The van der Waals surface area contributed by atoms with Crippen LogP contribution in [0.15, 0.2) is 30.3 Å². The van der Waals surface area contributed by atoms with Gasteiger partial charge in [0.25, 0.3) is 0 Å². The summed E-state index contributed by atoms with van der Waals surface area (Å²) in [5, 5.41) is 2.72. The summed E-state index contributed by atoms with van der Waals surface area (Å²) in [5.74, 6) is -0.791. The van der Waals surface area contributed by atoms with Gasteiger partial charge in [-0.1, -0.05) is 25.1 Å². The van der Waals surface area contributed by atoms with Crippen molar-refractivity contribution in [3.63, 3.8) is 0 Å². The topological polar surface area (TPSA) is 72.2 Å². The number of amides is 2. The van der Waals surface area contributed by atoms with Gasteiger partial charge in [0.1, 0.15) is 5.41 Å². The van der Waals surface area contributed by atoms with Crippen molar-refractivity contribution in [1.29, 1.82) is 0 Å². The van der Waals surface area contributed by atoms with Gasteiger partial charge in [0.05, 0.1) is 0 Å². The number of carbonyl (C=O) groups is 2. The maximum atomic E-state index is 11.9. The number of rotatable bonds is 3. The highest BCUT2D eigenvalue weighted by molar-refractivity contribution is 6.13. The molecular weight excluding hydrogens is 204 g/mol. The molecule has 2 atom stereocenters. The van der Waals surface area contributed by atoms with Gasteiger partial charge in [-0.15, -0.1) is 0 Å². The summed E-state index contributed by atoms with van der Waals surface area (Å²) in [6.45, 7) is 1.86. The maximum Gasteiger partial charge on any atom is 0.240 e. The van der Waals surface area contributed by atoms with Crippen molar-refractivity contribution >= 4 is 17.5 Å².